The largest absolute Gasteiger partial charge is 0.335 e. The van der Waals surface area contributed by atoms with Crippen LogP contribution in [0.15, 0.2) is 54.6 Å². The van der Waals surface area contributed by atoms with Crippen LogP contribution in [0.3, 0.4) is 0 Å². The zero-order chi connectivity index (χ0) is 15.5. The molecule has 0 N–H and O–H groups in total. The second kappa shape index (κ2) is 6.14. The summed E-state index contributed by atoms with van der Waals surface area (Å²) >= 11 is 0. The van der Waals surface area contributed by atoms with Crippen molar-refractivity contribution in [2.75, 3.05) is 6.54 Å². The maximum Gasteiger partial charge on any atom is 0.219 e. The molecule has 1 atom stereocenters. The first-order valence-electron chi connectivity index (χ1n) is 7.60. The smallest absolute Gasteiger partial charge is 0.219 e. The molecule has 1 aliphatic heterocycles. The molecule has 1 amide bonds. The predicted octanol–water partition coefficient (Wildman–Crippen LogP) is 3.41. The van der Waals surface area contributed by atoms with Crippen LogP contribution < -0.4 is 0 Å². The fourth-order valence-electron chi connectivity index (χ4n) is 3.17. The van der Waals surface area contributed by atoms with Crippen molar-refractivity contribution in [2.24, 2.45) is 0 Å². The zero-order valence-electron chi connectivity index (χ0n) is 12.7. The molecule has 0 aliphatic carbocycles. The maximum atomic E-state index is 12.6. The van der Waals surface area contributed by atoms with Crippen molar-refractivity contribution in [1.29, 1.82) is 0 Å². The van der Waals surface area contributed by atoms with Crippen LogP contribution in [0.2, 0.25) is 0 Å². The van der Waals surface area contributed by atoms with E-state index in [9.17, 15) is 9.59 Å². The van der Waals surface area contributed by atoms with Gasteiger partial charge in [-0.05, 0) is 17.5 Å². The topological polar surface area (TPSA) is 37.4 Å². The number of benzene rings is 2. The molecule has 0 bridgehead atoms. The molecular formula is C19H19NO2. The molecule has 112 valence electrons. The van der Waals surface area contributed by atoms with Crippen LogP contribution in [0.4, 0.5) is 0 Å². The molecule has 22 heavy (non-hydrogen) atoms. The van der Waals surface area contributed by atoms with Crippen molar-refractivity contribution in [3.63, 3.8) is 0 Å². The Balaban J connectivity index is 1.91. The highest BCUT2D eigenvalue weighted by Crippen LogP contribution is 2.33. The molecule has 0 radical (unpaired) electrons. The van der Waals surface area contributed by atoms with Gasteiger partial charge >= 0.3 is 0 Å². The van der Waals surface area contributed by atoms with Gasteiger partial charge in [-0.1, -0.05) is 54.6 Å². The van der Waals surface area contributed by atoms with E-state index >= 15 is 0 Å². The SMILES string of the molecule is CC(=O)N1CCc2ccccc2C1CC(=O)c1ccccc1. The molecule has 0 saturated heterocycles. The first-order chi connectivity index (χ1) is 10.7. The summed E-state index contributed by atoms with van der Waals surface area (Å²) in [4.78, 5) is 26.3. The highest BCUT2D eigenvalue weighted by molar-refractivity contribution is 5.96. The molecule has 3 rings (SSSR count). The lowest BCUT2D eigenvalue weighted by molar-refractivity contribution is -0.131. The molecule has 2 aromatic rings. The number of amides is 1. The van der Waals surface area contributed by atoms with Gasteiger partial charge in [0.2, 0.25) is 5.91 Å². The Morgan fingerprint density at radius 2 is 1.73 bits per heavy atom. The second-order valence-corrected chi connectivity index (χ2v) is 5.67. The average molecular weight is 293 g/mol. The Labute approximate surface area is 130 Å². The number of Topliss-reactive ketones (excluding diaryl/α,β-unsaturated/α-hetero) is 1. The van der Waals surface area contributed by atoms with Crippen molar-refractivity contribution >= 4 is 11.7 Å². The summed E-state index contributed by atoms with van der Waals surface area (Å²) in [6.07, 6.45) is 1.19. The van der Waals surface area contributed by atoms with E-state index in [-0.39, 0.29) is 17.7 Å². The maximum absolute atomic E-state index is 12.6. The Bertz CT molecular complexity index is 694. The fraction of sp³-hybridized carbons (Fsp3) is 0.263. The lowest BCUT2D eigenvalue weighted by Crippen LogP contribution is -2.39. The van der Waals surface area contributed by atoms with Gasteiger partial charge in [-0.25, -0.2) is 0 Å². The minimum Gasteiger partial charge on any atom is -0.335 e. The number of fused-ring (bicyclic) bond motifs is 1. The Hall–Kier alpha value is -2.42. The van der Waals surface area contributed by atoms with Crippen molar-refractivity contribution in [3.05, 3.63) is 71.3 Å². The summed E-state index contributed by atoms with van der Waals surface area (Å²) in [5.41, 5.74) is 3.05. The molecule has 3 nitrogen and oxygen atoms in total. The molecular weight excluding hydrogens is 274 g/mol. The van der Waals surface area contributed by atoms with Gasteiger partial charge in [0.05, 0.1) is 6.04 Å². The quantitative estimate of drug-likeness (QED) is 0.813. The second-order valence-electron chi connectivity index (χ2n) is 5.67. The summed E-state index contributed by atoms with van der Waals surface area (Å²) in [7, 11) is 0. The highest BCUT2D eigenvalue weighted by atomic mass is 16.2. The van der Waals surface area contributed by atoms with Crippen molar-refractivity contribution in [2.45, 2.75) is 25.8 Å². The van der Waals surface area contributed by atoms with Gasteiger partial charge in [0.15, 0.2) is 5.78 Å². The standard InChI is InChI=1S/C19H19NO2/c1-14(21)20-12-11-15-7-5-6-10-17(15)18(20)13-19(22)16-8-3-2-4-9-16/h2-10,18H,11-13H2,1H3. The van der Waals surface area contributed by atoms with Gasteiger partial charge < -0.3 is 4.90 Å². The molecule has 0 fully saturated rings. The minimum atomic E-state index is -0.157. The minimum absolute atomic E-state index is 0.0281. The molecule has 2 aromatic carbocycles. The number of hydrogen-bond acceptors (Lipinski definition) is 2. The van der Waals surface area contributed by atoms with E-state index < -0.39 is 0 Å². The molecule has 1 aliphatic rings. The van der Waals surface area contributed by atoms with E-state index in [2.05, 4.69) is 6.07 Å². The number of rotatable bonds is 3. The molecule has 1 unspecified atom stereocenters. The summed E-state index contributed by atoms with van der Waals surface area (Å²) in [5.74, 6) is 0.105. The lowest BCUT2D eigenvalue weighted by Gasteiger charge is -2.36. The van der Waals surface area contributed by atoms with Crippen LogP contribution in [0.25, 0.3) is 0 Å². The van der Waals surface area contributed by atoms with Crippen LogP contribution >= 0.6 is 0 Å². The van der Waals surface area contributed by atoms with Gasteiger partial charge in [0.25, 0.3) is 0 Å². The normalized spacial score (nSPS) is 17.0. The third kappa shape index (κ3) is 2.80. The van der Waals surface area contributed by atoms with E-state index in [4.69, 9.17) is 0 Å². The average Bonchev–Trinajstić information content (AvgIpc) is 2.55. The molecule has 3 heteroatoms. The third-order valence-electron chi connectivity index (χ3n) is 4.29. The Kier molecular flexibility index (Phi) is 4.05. The Morgan fingerprint density at radius 1 is 1.05 bits per heavy atom. The number of nitrogens with zero attached hydrogens (tertiary/aromatic N) is 1. The number of carbonyl (C=O) groups is 2. The summed E-state index contributed by atoms with van der Waals surface area (Å²) in [5, 5.41) is 0. The summed E-state index contributed by atoms with van der Waals surface area (Å²) < 4.78 is 0. The van der Waals surface area contributed by atoms with Crippen molar-refractivity contribution < 1.29 is 9.59 Å². The highest BCUT2D eigenvalue weighted by Gasteiger charge is 2.30. The van der Waals surface area contributed by atoms with Gasteiger partial charge in [-0.3, -0.25) is 9.59 Å². The first kappa shape index (κ1) is 14.5. The van der Waals surface area contributed by atoms with E-state index in [0.29, 0.717) is 18.5 Å². The molecule has 0 spiro atoms. The van der Waals surface area contributed by atoms with E-state index in [1.54, 1.807) is 6.92 Å². The van der Waals surface area contributed by atoms with Crippen LogP contribution in [0.5, 0.6) is 0 Å². The van der Waals surface area contributed by atoms with Gasteiger partial charge in [0, 0.05) is 25.5 Å². The monoisotopic (exact) mass is 293 g/mol. The number of ketones is 1. The van der Waals surface area contributed by atoms with Gasteiger partial charge in [0.1, 0.15) is 0 Å². The van der Waals surface area contributed by atoms with Crippen molar-refractivity contribution in [3.8, 4) is 0 Å². The lowest BCUT2D eigenvalue weighted by atomic mass is 9.88. The number of carbonyl (C=O) groups excluding carboxylic acids is 2. The third-order valence-corrected chi connectivity index (χ3v) is 4.29. The first-order valence-corrected chi connectivity index (χ1v) is 7.60. The van der Waals surface area contributed by atoms with Crippen molar-refractivity contribution in [1.82, 2.24) is 4.90 Å². The van der Waals surface area contributed by atoms with E-state index in [1.165, 1.54) is 5.56 Å². The summed E-state index contributed by atoms with van der Waals surface area (Å²) in [6, 6.07) is 17.2. The zero-order valence-corrected chi connectivity index (χ0v) is 12.7. The summed E-state index contributed by atoms with van der Waals surface area (Å²) in [6.45, 7) is 2.26. The van der Waals surface area contributed by atoms with Crippen LogP contribution in [-0.4, -0.2) is 23.1 Å². The fourth-order valence-corrected chi connectivity index (χ4v) is 3.17. The van der Waals surface area contributed by atoms with Gasteiger partial charge in [-0.2, -0.15) is 0 Å². The van der Waals surface area contributed by atoms with Gasteiger partial charge in [-0.15, -0.1) is 0 Å². The Morgan fingerprint density at radius 3 is 2.45 bits per heavy atom. The van der Waals surface area contributed by atoms with E-state index in [0.717, 1.165) is 12.0 Å². The number of hydrogen-bond donors (Lipinski definition) is 0. The van der Waals surface area contributed by atoms with Crippen LogP contribution in [0.1, 0.15) is 40.9 Å². The molecule has 0 aromatic heterocycles. The van der Waals surface area contributed by atoms with Crippen LogP contribution in [0, 0.1) is 0 Å². The molecule has 1 heterocycles. The van der Waals surface area contributed by atoms with Crippen LogP contribution in [-0.2, 0) is 11.2 Å². The molecule has 0 saturated carbocycles. The van der Waals surface area contributed by atoms with E-state index in [1.807, 2.05) is 53.4 Å². The predicted molar refractivity (Wildman–Crippen MR) is 85.7 cm³/mol.